The van der Waals surface area contributed by atoms with Crippen LogP contribution >= 0.6 is 17.0 Å². The zero-order valence-corrected chi connectivity index (χ0v) is 9.09. The molecule has 0 aromatic carbocycles. The summed E-state index contributed by atoms with van der Waals surface area (Å²) in [5.41, 5.74) is 5.00. The van der Waals surface area contributed by atoms with Crippen LogP contribution in [0.5, 0.6) is 0 Å². The van der Waals surface area contributed by atoms with Crippen LogP contribution in [0.15, 0.2) is 0 Å². The first-order valence-corrected chi connectivity index (χ1v) is 4.90. The molecule has 0 aliphatic heterocycles. The van der Waals surface area contributed by atoms with Crippen LogP contribution in [0.3, 0.4) is 0 Å². The third-order valence-electron chi connectivity index (χ3n) is 1.19. The molecule has 0 spiro atoms. The van der Waals surface area contributed by atoms with Crippen molar-refractivity contribution >= 4 is 32.8 Å². The van der Waals surface area contributed by atoms with E-state index in [0.717, 1.165) is 0 Å². The van der Waals surface area contributed by atoms with E-state index < -0.39 is 27.6 Å². The zero-order chi connectivity index (χ0) is 9.07. The third-order valence-corrected chi connectivity index (χ3v) is 2.94. The van der Waals surface area contributed by atoms with Crippen molar-refractivity contribution in [3.05, 3.63) is 0 Å². The molecule has 0 aromatic heterocycles. The highest BCUT2D eigenvalue weighted by molar-refractivity contribution is 8.93. The highest BCUT2D eigenvalue weighted by Gasteiger charge is 2.19. The highest BCUT2D eigenvalue weighted by atomic mass is 79.9. The number of nitrogens with two attached hydrogens (primary N) is 1. The Morgan fingerprint density at radius 1 is 1.58 bits per heavy atom. The Morgan fingerprint density at radius 3 is 2.25 bits per heavy atom. The molecule has 3 N–H and O–H groups in total. The maximum Gasteiger partial charge on any atom is 0.321 e. The van der Waals surface area contributed by atoms with Gasteiger partial charge in [-0.3, -0.25) is 4.79 Å². The molecule has 0 radical (unpaired) electrons. The van der Waals surface area contributed by atoms with Gasteiger partial charge in [-0.25, -0.2) is 8.42 Å². The summed E-state index contributed by atoms with van der Waals surface area (Å²) in [6, 6.07) is -1.31. The van der Waals surface area contributed by atoms with Gasteiger partial charge in [0, 0.05) is 5.75 Å². The average Bonchev–Trinajstić information content (AvgIpc) is 1.87. The first-order chi connectivity index (χ1) is 4.89. The van der Waals surface area contributed by atoms with Crippen LogP contribution in [-0.4, -0.2) is 37.0 Å². The Morgan fingerprint density at radius 2 is 2.00 bits per heavy atom. The van der Waals surface area contributed by atoms with E-state index >= 15 is 0 Å². The lowest BCUT2D eigenvalue weighted by Crippen LogP contribution is -2.37. The van der Waals surface area contributed by atoms with Gasteiger partial charge in [-0.2, -0.15) is 0 Å². The van der Waals surface area contributed by atoms with E-state index in [-0.39, 0.29) is 22.7 Å². The second kappa shape index (κ2) is 5.50. The molecule has 5 nitrogen and oxygen atoms in total. The maximum atomic E-state index is 10.8. The number of rotatable bonds is 4. The first kappa shape index (κ1) is 14.4. The van der Waals surface area contributed by atoms with Crippen LogP contribution < -0.4 is 5.73 Å². The topological polar surface area (TPSA) is 97.5 Å². The van der Waals surface area contributed by atoms with Gasteiger partial charge in [-0.1, -0.05) is 6.92 Å². The third kappa shape index (κ3) is 5.50. The number of carbonyl (C=O) groups is 1. The molecule has 0 aromatic rings. The molecule has 0 heterocycles. The molecule has 74 valence electrons. The van der Waals surface area contributed by atoms with E-state index in [0.29, 0.717) is 0 Å². The molecule has 0 saturated heterocycles. The fourth-order valence-electron chi connectivity index (χ4n) is 0.463. The van der Waals surface area contributed by atoms with Crippen molar-refractivity contribution in [2.75, 3.05) is 11.5 Å². The largest absolute Gasteiger partial charge is 0.480 e. The SMILES string of the molecule is Br.CCS(=O)(=O)CC(N)C(=O)O. The molecular formula is C5H12BrNO4S. The number of hydrogen-bond acceptors (Lipinski definition) is 4. The van der Waals surface area contributed by atoms with Gasteiger partial charge in [0.25, 0.3) is 0 Å². The summed E-state index contributed by atoms with van der Waals surface area (Å²) in [4.78, 5) is 10.1. The molecule has 0 rings (SSSR count). The molecule has 1 atom stereocenters. The minimum Gasteiger partial charge on any atom is -0.480 e. The standard InChI is InChI=1S/C5H11NO4S.BrH/c1-2-11(9,10)3-4(6)5(7)8;/h4H,2-3,6H2,1H3,(H,7,8);1H. The van der Waals surface area contributed by atoms with E-state index in [9.17, 15) is 13.2 Å². The van der Waals surface area contributed by atoms with E-state index in [2.05, 4.69) is 0 Å². The van der Waals surface area contributed by atoms with Crippen molar-refractivity contribution in [2.45, 2.75) is 13.0 Å². The van der Waals surface area contributed by atoms with Gasteiger partial charge >= 0.3 is 5.97 Å². The number of sulfone groups is 1. The van der Waals surface area contributed by atoms with Gasteiger partial charge in [0.1, 0.15) is 6.04 Å². The Kier molecular flexibility index (Phi) is 6.59. The van der Waals surface area contributed by atoms with Crippen LogP contribution in [0.4, 0.5) is 0 Å². The van der Waals surface area contributed by atoms with Crippen molar-refractivity contribution in [1.29, 1.82) is 0 Å². The number of carboxylic acid groups (broad SMARTS) is 1. The molecule has 0 bridgehead atoms. The quantitative estimate of drug-likeness (QED) is 0.705. The Labute approximate surface area is 81.6 Å². The number of carboxylic acids is 1. The minimum atomic E-state index is -3.27. The molecule has 0 amide bonds. The summed E-state index contributed by atoms with van der Waals surface area (Å²) in [6.07, 6.45) is 0. The minimum absolute atomic E-state index is 0. The number of aliphatic carboxylic acids is 1. The Balaban J connectivity index is 0. The predicted molar refractivity (Wildman–Crippen MR) is 50.3 cm³/mol. The van der Waals surface area contributed by atoms with Gasteiger partial charge in [0.2, 0.25) is 0 Å². The molecule has 7 heteroatoms. The fourth-order valence-corrected chi connectivity index (χ4v) is 1.39. The van der Waals surface area contributed by atoms with Crippen LogP contribution in [0.25, 0.3) is 0 Å². The summed E-state index contributed by atoms with van der Waals surface area (Å²) in [5, 5.41) is 8.25. The highest BCUT2D eigenvalue weighted by Crippen LogP contribution is 1.92. The van der Waals surface area contributed by atoms with Crippen molar-refractivity contribution in [1.82, 2.24) is 0 Å². The second-order valence-corrected chi connectivity index (χ2v) is 4.54. The fraction of sp³-hybridized carbons (Fsp3) is 0.800. The predicted octanol–water partition coefficient (Wildman–Crippen LogP) is -0.589. The van der Waals surface area contributed by atoms with E-state index in [1.165, 1.54) is 6.92 Å². The number of hydrogen-bond donors (Lipinski definition) is 2. The van der Waals surface area contributed by atoms with Crippen molar-refractivity contribution < 1.29 is 18.3 Å². The molecule has 0 fully saturated rings. The van der Waals surface area contributed by atoms with E-state index in [1.807, 2.05) is 0 Å². The molecule has 12 heavy (non-hydrogen) atoms. The summed E-state index contributed by atoms with van der Waals surface area (Å²) >= 11 is 0. The van der Waals surface area contributed by atoms with E-state index in [4.69, 9.17) is 10.8 Å². The average molecular weight is 262 g/mol. The van der Waals surface area contributed by atoms with Gasteiger partial charge in [-0.05, 0) is 0 Å². The Hall–Kier alpha value is -0.140. The zero-order valence-electron chi connectivity index (χ0n) is 6.56. The van der Waals surface area contributed by atoms with Crippen LogP contribution in [0.1, 0.15) is 6.92 Å². The van der Waals surface area contributed by atoms with Gasteiger partial charge in [-0.15, -0.1) is 17.0 Å². The number of halogens is 1. The van der Waals surface area contributed by atoms with Crippen LogP contribution in [-0.2, 0) is 14.6 Å². The van der Waals surface area contributed by atoms with Crippen LogP contribution in [0, 0.1) is 0 Å². The molecule has 0 aliphatic rings. The smallest absolute Gasteiger partial charge is 0.321 e. The molecule has 0 aliphatic carbocycles. The normalized spacial score (nSPS) is 13.2. The van der Waals surface area contributed by atoms with Gasteiger partial charge < -0.3 is 10.8 Å². The summed E-state index contributed by atoms with van der Waals surface area (Å²) in [5.74, 6) is -1.85. The molecular weight excluding hydrogens is 250 g/mol. The molecule has 0 saturated carbocycles. The second-order valence-electron chi connectivity index (χ2n) is 2.14. The van der Waals surface area contributed by atoms with Crippen molar-refractivity contribution in [2.24, 2.45) is 5.73 Å². The monoisotopic (exact) mass is 261 g/mol. The maximum absolute atomic E-state index is 10.8. The lowest BCUT2D eigenvalue weighted by atomic mass is 10.4. The lowest BCUT2D eigenvalue weighted by molar-refractivity contribution is -0.137. The lowest BCUT2D eigenvalue weighted by Gasteiger charge is -2.04. The van der Waals surface area contributed by atoms with Crippen molar-refractivity contribution in [3.63, 3.8) is 0 Å². The first-order valence-electron chi connectivity index (χ1n) is 3.08. The Bertz CT molecular complexity index is 238. The van der Waals surface area contributed by atoms with Crippen molar-refractivity contribution in [3.8, 4) is 0 Å². The summed E-state index contributed by atoms with van der Waals surface area (Å²) < 4.78 is 21.5. The molecule has 1 unspecified atom stereocenters. The van der Waals surface area contributed by atoms with Gasteiger partial charge in [0.15, 0.2) is 9.84 Å². The van der Waals surface area contributed by atoms with Gasteiger partial charge in [0.05, 0.1) is 5.75 Å². The summed E-state index contributed by atoms with van der Waals surface area (Å²) in [7, 11) is -3.27. The summed E-state index contributed by atoms with van der Waals surface area (Å²) in [6.45, 7) is 1.45. The van der Waals surface area contributed by atoms with E-state index in [1.54, 1.807) is 0 Å². The van der Waals surface area contributed by atoms with Crippen LogP contribution in [0.2, 0.25) is 0 Å².